The van der Waals surface area contributed by atoms with Crippen molar-refractivity contribution in [2.75, 3.05) is 71.9 Å². The second-order valence-electron chi connectivity index (χ2n) is 10.4. The van der Waals surface area contributed by atoms with E-state index in [1.807, 2.05) is 36.0 Å². The van der Waals surface area contributed by atoms with Gasteiger partial charge in [-0.15, -0.1) is 0 Å². The lowest BCUT2D eigenvalue weighted by atomic mass is 10.1. The number of carbonyl (C=O) groups excluding carboxylic acids is 1. The molecule has 1 saturated heterocycles. The fraction of sp³-hybridized carbons (Fsp3) is 0.731. The van der Waals surface area contributed by atoms with Crippen LogP contribution in [0.3, 0.4) is 0 Å². The molecular formula is C26H46N4O5S2. The smallest absolute Gasteiger partial charge is 0.223 e. The molecule has 1 fully saturated rings. The molecule has 1 atom stereocenters. The monoisotopic (exact) mass is 558 g/mol. The molecule has 0 N–H and O–H groups in total. The molecule has 2 rings (SSSR count). The first-order valence-electron chi connectivity index (χ1n) is 13.3. The molecule has 1 aromatic rings. The number of sulfonamides is 1. The SMILES string of the molecule is CCCN(CCCCN1CCN(S(=O)(=O)CCN(C)C)CCC1=O)C(C)Cc1ccc(S(C)(=O)=O)cc1. The Morgan fingerprint density at radius 3 is 2.22 bits per heavy atom. The van der Waals surface area contributed by atoms with Crippen molar-refractivity contribution in [3.8, 4) is 0 Å². The predicted octanol–water partition coefficient (Wildman–Crippen LogP) is 1.94. The summed E-state index contributed by atoms with van der Waals surface area (Å²) in [5.74, 6) is 0.100. The quantitative estimate of drug-likeness (QED) is 0.304. The van der Waals surface area contributed by atoms with Crippen molar-refractivity contribution in [1.29, 1.82) is 0 Å². The Balaban J connectivity index is 1.83. The number of hydrogen-bond acceptors (Lipinski definition) is 7. The van der Waals surface area contributed by atoms with Crippen LogP contribution in [0, 0.1) is 0 Å². The zero-order chi connectivity index (χ0) is 27.6. The third-order valence-electron chi connectivity index (χ3n) is 6.88. The van der Waals surface area contributed by atoms with Crippen molar-refractivity contribution in [2.24, 2.45) is 0 Å². The highest BCUT2D eigenvalue weighted by atomic mass is 32.2. The minimum Gasteiger partial charge on any atom is -0.341 e. The number of nitrogens with zero attached hydrogens (tertiary/aromatic N) is 4. The summed E-state index contributed by atoms with van der Waals surface area (Å²) in [6, 6.07) is 7.45. The van der Waals surface area contributed by atoms with Crippen LogP contribution < -0.4 is 0 Å². The molecular weight excluding hydrogens is 512 g/mol. The average Bonchev–Trinajstić information content (AvgIpc) is 3.01. The number of unbranched alkanes of at least 4 members (excludes halogenated alkanes) is 1. The molecule has 0 spiro atoms. The molecule has 0 saturated carbocycles. The number of rotatable bonds is 15. The summed E-state index contributed by atoms with van der Waals surface area (Å²) in [6.07, 6.45) is 5.16. The molecule has 0 radical (unpaired) electrons. The van der Waals surface area contributed by atoms with Gasteiger partial charge >= 0.3 is 0 Å². The Hall–Kier alpha value is -1.53. The molecule has 11 heteroatoms. The fourth-order valence-electron chi connectivity index (χ4n) is 4.59. The third-order valence-corrected chi connectivity index (χ3v) is 9.86. The van der Waals surface area contributed by atoms with Crippen LogP contribution in [0.5, 0.6) is 0 Å². The van der Waals surface area contributed by atoms with E-state index in [-0.39, 0.29) is 24.6 Å². The van der Waals surface area contributed by atoms with Gasteiger partial charge in [0, 0.05) is 51.4 Å². The first-order valence-corrected chi connectivity index (χ1v) is 16.8. The van der Waals surface area contributed by atoms with Crippen molar-refractivity contribution in [2.45, 2.75) is 56.9 Å². The first kappa shape index (κ1) is 31.7. The molecule has 1 unspecified atom stereocenters. The number of benzene rings is 1. The van der Waals surface area contributed by atoms with Gasteiger partial charge < -0.3 is 14.7 Å². The van der Waals surface area contributed by atoms with Crippen LogP contribution in [0.2, 0.25) is 0 Å². The molecule has 0 bridgehead atoms. The maximum absolute atomic E-state index is 12.6. The van der Waals surface area contributed by atoms with Crippen molar-refractivity contribution >= 4 is 25.8 Å². The summed E-state index contributed by atoms with van der Waals surface area (Å²) in [4.78, 5) is 19.1. The van der Waals surface area contributed by atoms with Gasteiger partial charge in [0.05, 0.1) is 10.6 Å². The predicted molar refractivity (Wildman–Crippen MR) is 149 cm³/mol. The third kappa shape index (κ3) is 10.6. The molecule has 1 aliphatic heterocycles. The van der Waals surface area contributed by atoms with Gasteiger partial charge in [-0.2, -0.15) is 4.31 Å². The molecule has 1 aliphatic rings. The van der Waals surface area contributed by atoms with Gasteiger partial charge in [0.1, 0.15) is 0 Å². The van der Waals surface area contributed by atoms with Crippen LogP contribution in [0.15, 0.2) is 29.2 Å². The van der Waals surface area contributed by atoms with E-state index in [4.69, 9.17) is 0 Å². The lowest BCUT2D eigenvalue weighted by molar-refractivity contribution is -0.130. The first-order chi connectivity index (χ1) is 17.3. The number of amides is 1. The minimum atomic E-state index is -3.36. The van der Waals surface area contributed by atoms with E-state index in [0.717, 1.165) is 44.3 Å². The van der Waals surface area contributed by atoms with E-state index in [0.29, 0.717) is 37.1 Å². The zero-order valence-corrected chi connectivity index (χ0v) is 24.9. The minimum absolute atomic E-state index is 0.0293. The Bertz CT molecular complexity index is 1060. The van der Waals surface area contributed by atoms with Gasteiger partial charge in [0.15, 0.2) is 9.84 Å². The van der Waals surface area contributed by atoms with Crippen LogP contribution in [0.25, 0.3) is 0 Å². The number of sulfone groups is 1. The summed E-state index contributed by atoms with van der Waals surface area (Å²) in [6.45, 7) is 8.43. The van der Waals surface area contributed by atoms with E-state index in [9.17, 15) is 21.6 Å². The lowest BCUT2D eigenvalue weighted by Gasteiger charge is -2.29. The highest BCUT2D eigenvalue weighted by Crippen LogP contribution is 2.15. The van der Waals surface area contributed by atoms with E-state index < -0.39 is 19.9 Å². The van der Waals surface area contributed by atoms with Crippen LogP contribution >= 0.6 is 0 Å². The normalized spacial score (nSPS) is 16.9. The van der Waals surface area contributed by atoms with E-state index >= 15 is 0 Å². The topological polar surface area (TPSA) is 98.3 Å². The highest BCUT2D eigenvalue weighted by molar-refractivity contribution is 7.90. The van der Waals surface area contributed by atoms with Crippen LogP contribution in [-0.4, -0.2) is 120 Å². The standard InChI is InChI=1S/C26H46N4O5S2/c1-6-14-28(23(2)22-24-9-11-25(12-10-24)36(5,32)33)15-7-8-16-29-18-19-30(17-13-26(29)31)37(34,35)21-20-27(3)4/h9-12,23H,6-8,13-22H2,1-5H3. The summed E-state index contributed by atoms with van der Waals surface area (Å²) in [7, 11) is -2.85. The van der Waals surface area contributed by atoms with Crippen LogP contribution in [0.1, 0.15) is 45.1 Å². The zero-order valence-electron chi connectivity index (χ0n) is 23.2. The van der Waals surface area contributed by atoms with Gasteiger partial charge in [-0.1, -0.05) is 19.1 Å². The molecule has 0 aliphatic carbocycles. The molecule has 37 heavy (non-hydrogen) atoms. The van der Waals surface area contributed by atoms with E-state index in [2.05, 4.69) is 18.7 Å². The van der Waals surface area contributed by atoms with Gasteiger partial charge in [0.25, 0.3) is 0 Å². The molecule has 0 aromatic heterocycles. The average molecular weight is 559 g/mol. The Labute approximate surface area is 224 Å². The Kier molecular flexibility index (Phi) is 12.5. The maximum Gasteiger partial charge on any atom is 0.223 e. The summed E-state index contributed by atoms with van der Waals surface area (Å²) < 4.78 is 50.2. The van der Waals surface area contributed by atoms with Gasteiger partial charge in [0.2, 0.25) is 15.9 Å². The maximum atomic E-state index is 12.6. The van der Waals surface area contributed by atoms with Crippen molar-refractivity contribution in [1.82, 2.24) is 19.0 Å². The van der Waals surface area contributed by atoms with E-state index in [1.54, 1.807) is 12.1 Å². The molecule has 9 nitrogen and oxygen atoms in total. The van der Waals surface area contributed by atoms with Crippen molar-refractivity contribution in [3.05, 3.63) is 29.8 Å². The fourth-order valence-corrected chi connectivity index (χ4v) is 6.80. The number of hydrogen-bond donors (Lipinski definition) is 0. The molecule has 212 valence electrons. The second-order valence-corrected chi connectivity index (χ2v) is 14.5. The van der Waals surface area contributed by atoms with Gasteiger partial charge in [-0.3, -0.25) is 4.79 Å². The van der Waals surface area contributed by atoms with Crippen molar-refractivity contribution in [3.63, 3.8) is 0 Å². The Morgan fingerprint density at radius 2 is 1.62 bits per heavy atom. The summed E-state index contributed by atoms with van der Waals surface area (Å²) in [5.41, 5.74) is 1.11. The number of carbonyl (C=O) groups is 1. The molecule has 1 heterocycles. The van der Waals surface area contributed by atoms with E-state index in [1.165, 1.54) is 10.6 Å². The summed E-state index contributed by atoms with van der Waals surface area (Å²) in [5, 5.41) is 0. The molecule has 1 aromatic carbocycles. The van der Waals surface area contributed by atoms with Crippen molar-refractivity contribution < 1.29 is 21.6 Å². The molecule has 1 amide bonds. The van der Waals surface area contributed by atoms with Crippen LogP contribution in [-0.2, 0) is 31.1 Å². The van der Waals surface area contributed by atoms with Gasteiger partial charge in [-0.25, -0.2) is 16.8 Å². The Morgan fingerprint density at radius 1 is 0.946 bits per heavy atom. The van der Waals surface area contributed by atoms with Gasteiger partial charge in [-0.05, 0) is 77.5 Å². The lowest BCUT2D eigenvalue weighted by Crippen LogP contribution is -2.39. The van der Waals surface area contributed by atoms with Crippen LogP contribution in [0.4, 0.5) is 0 Å². The highest BCUT2D eigenvalue weighted by Gasteiger charge is 2.28. The second kappa shape index (κ2) is 14.6. The largest absolute Gasteiger partial charge is 0.341 e. The summed E-state index contributed by atoms with van der Waals surface area (Å²) >= 11 is 0.